The van der Waals surface area contributed by atoms with E-state index in [9.17, 15) is 4.79 Å². The third kappa shape index (κ3) is 5.50. The topological polar surface area (TPSA) is 68.5 Å². The molecule has 0 unspecified atom stereocenters. The molecule has 2 heterocycles. The first-order valence-electron chi connectivity index (χ1n) is 8.05. The molecular weight excluding hydrogens is 349 g/mol. The number of amides is 1. The van der Waals surface area contributed by atoms with Crippen molar-refractivity contribution in [2.24, 2.45) is 17.6 Å². The lowest BCUT2D eigenvalue weighted by Crippen LogP contribution is -2.35. The van der Waals surface area contributed by atoms with Crippen molar-refractivity contribution < 1.29 is 9.53 Å². The van der Waals surface area contributed by atoms with Crippen LogP contribution in [0, 0.1) is 18.8 Å². The van der Waals surface area contributed by atoms with Gasteiger partial charge >= 0.3 is 0 Å². The number of nitrogens with two attached hydrogens (primary N) is 1. The van der Waals surface area contributed by atoms with E-state index in [1.165, 1.54) is 0 Å². The minimum absolute atomic E-state index is 0. The Morgan fingerprint density at radius 2 is 2.04 bits per heavy atom. The molecule has 5 nitrogen and oxygen atoms in total. The molecule has 7 heteroatoms. The second kappa shape index (κ2) is 10.1. The standard InChI is InChI=1S/C17H27N3O2.2ClH/c1-5-15-16(7-6-12(4)19-15)22-10-17(21)20-8-13(11(2)3)14(18)9-20;;/h6-7,11,13-14H,5,8-10,18H2,1-4H3;2*1H/t13-,14+;;/m1../s1. The van der Waals surface area contributed by atoms with Crippen molar-refractivity contribution in [3.63, 3.8) is 0 Å². The highest BCUT2D eigenvalue weighted by molar-refractivity contribution is 5.85. The van der Waals surface area contributed by atoms with Gasteiger partial charge in [-0.05, 0) is 37.3 Å². The van der Waals surface area contributed by atoms with E-state index in [2.05, 4.69) is 18.8 Å². The van der Waals surface area contributed by atoms with E-state index in [1.54, 1.807) is 0 Å². The van der Waals surface area contributed by atoms with Gasteiger partial charge in [-0.15, -0.1) is 24.8 Å². The van der Waals surface area contributed by atoms with Gasteiger partial charge in [0.25, 0.3) is 5.91 Å². The Labute approximate surface area is 157 Å². The van der Waals surface area contributed by atoms with Crippen LogP contribution in [0.2, 0.25) is 0 Å². The highest BCUT2D eigenvalue weighted by atomic mass is 35.5. The fraction of sp³-hybridized carbons (Fsp3) is 0.647. The van der Waals surface area contributed by atoms with Crippen molar-refractivity contribution in [2.75, 3.05) is 19.7 Å². The molecule has 0 aliphatic carbocycles. The number of pyridine rings is 1. The summed E-state index contributed by atoms with van der Waals surface area (Å²) >= 11 is 0. The van der Waals surface area contributed by atoms with E-state index in [-0.39, 0.29) is 43.4 Å². The van der Waals surface area contributed by atoms with Crippen LogP contribution in [0.4, 0.5) is 0 Å². The largest absolute Gasteiger partial charge is 0.482 e. The first kappa shape index (κ1) is 23.0. The Morgan fingerprint density at radius 1 is 1.38 bits per heavy atom. The van der Waals surface area contributed by atoms with Crippen LogP contribution in [0.5, 0.6) is 5.75 Å². The Bertz CT molecular complexity index is 541. The Hall–Kier alpha value is -1.04. The van der Waals surface area contributed by atoms with Gasteiger partial charge in [0, 0.05) is 24.8 Å². The average Bonchev–Trinajstić information content (AvgIpc) is 2.87. The molecule has 2 atom stereocenters. The number of carbonyl (C=O) groups is 1. The summed E-state index contributed by atoms with van der Waals surface area (Å²) in [6.45, 7) is 9.69. The van der Waals surface area contributed by atoms with E-state index in [0.29, 0.717) is 24.1 Å². The number of likely N-dealkylation sites (tertiary alicyclic amines) is 1. The zero-order valence-electron chi connectivity index (χ0n) is 14.8. The monoisotopic (exact) mass is 377 g/mol. The van der Waals surface area contributed by atoms with Crippen molar-refractivity contribution in [2.45, 2.75) is 40.2 Å². The SMILES string of the molecule is CCc1nc(C)ccc1OCC(=O)N1C[C@H](C(C)C)[C@@H](N)C1.Cl.Cl. The maximum atomic E-state index is 12.3. The van der Waals surface area contributed by atoms with Crippen LogP contribution in [-0.2, 0) is 11.2 Å². The first-order valence-corrected chi connectivity index (χ1v) is 8.05. The molecule has 1 aliphatic rings. The summed E-state index contributed by atoms with van der Waals surface area (Å²) in [5.41, 5.74) is 7.99. The molecule has 1 aromatic rings. The molecule has 138 valence electrons. The van der Waals surface area contributed by atoms with Crippen LogP contribution >= 0.6 is 24.8 Å². The van der Waals surface area contributed by atoms with Crippen molar-refractivity contribution in [1.29, 1.82) is 0 Å². The molecule has 1 aromatic heterocycles. The zero-order valence-corrected chi connectivity index (χ0v) is 16.5. The molecule has 0 saturated carbocycles. The number of ether oxygens (including phenoxy) is 1. The molecule has 1 saturated heterocycles. The number of aromatic nitrogens is 1. The van der Waals surface area contributed by atoms with Gasteiger partial charge in [-0.2, -0.15) is 0 Å². The number of hydrogen-bond acceptors (Lipinski definition) is 4. The Kier molecular flexibility index (Phi) is 9.63. The number of rotatable bonds is 5. The average molecular weight is 378 g/mol. The first-order chi connectivity index (χ1) is 10.4. The minimum Gasteiger partial charge on any atom is -0.482 e. The summed E-state index contributed by atoms with van der Waals surface area (Å²) in [6.07, 6.45) is 0.787. The fourth-order valence-electron chi connectivity index (χ4n) is 2.98. The normalized spacial score (nSPS) is 19.7. The number of nitrogens with zero attached hydrogens (tertiary/aromatic N) is 2. The summed E-state index contributed by atoms with van der Waals surface area (Å²) in [7, 11) is 0. The lowest BCUT2D eigenvalue weighted by molar-refractivity contribution is -0.132. The molecule has 2 rings (SSSR count). The number of hydrogen-bond donors (Lipinski definition) is 1. The van der Waals surface area contributed by atoms with Crippen molar-refractivity contribution >= 4 is 30.7 Å². The second-order valence-electron chi connectivity index (χ2n) is 6.41. The van der Waals surface area contributed by atoms with Gasteiger partial charge < -0.3 is 15.4 Å². The van der Waals surface area contributed by atoms with Gasteiger partial charge in [0.2, 0.25) is 0 Å². The number of carbonyl (C=O) groups excluding carboxylic acids is 1. The molecule has 0 aromatic carbocycles. The number of halogens is 2. The third-order valence-corrected chi connectivity index (χ3v) is 4.38. The number of aryl methyl sites for hydroxylation is 2. The van der Waals surface area contributed by atoms with Gasteiger partial charge in [-0.25, -0.2) is 0 Å². The molecule has 24 heavy (non-hydrogen) atoms. The molecule has 1 fully saturated rings. The zero-order chi connectivity index (χ0) is 16.3. The lowest BCUT2D eigenvalue weighted by Gasteiger charge is -2.19. The van der Waals surface area contributed by atoms with E-state index in [4.69, 9.17) is 10.5 Å². The van der Waals surface area contributed by atoms with Crippen LogP contribution in [0.25, 0.3) is 0 Å². The molecule has 0 bridgehead atoms. The summed E-state index contributed by atoms with van der Waals surface area (Å²) in [4.78, 5) is 18.6. The van der Waals surface area contributed by atoms with E-state index in [0.717, 1.165) is 24.4 Å². The van der Waals surface area contributed by atoms with Crippen LogP contribution in [-0.4, -0.2) is 41.5 Å². The smallest absolute Gasteiger partial charge is 0.260 e. The highest BCUT2D eigenvalue weighted by Crippen LogP contribution is 2.23. The Balaban J connectivity index is 0.00000264. The highest BCUT2D eigenvalue weighted by Gasteiger charge is 2.34. The maximum Gasteiger partial charge on any atom is 0.260 e. The quantitative estimate of drug-likeness (QED) is 0.855. The summed E-state index contributed by atoms with van der Waals surface area (Å²) in [5, 5.41) is 0. The fourth-order valence-corrected chi connectivity index (χ4v) is 2.98. The van der Waals surface area contributed by atoms with E-state index >= 15 is 0 Å². The van der Waals surface area contributed by atoms with Crippen LogP contribution in [0.15, 0.2) is 12.1 Å². The maximum absolute atomic E-state index is 12.3. The summed E-state index contributed by atoms with van der Waals surface area (Å²) < 4.78 is 5.69. The van der Waals surface area contributed by atoms with Gasteiger partial charge in [-0.1, -0.05) is 20.8 Å². The molecule has 1 amide bonds. The summed E-state index contributed by atoms with van der Waals surface area (Å²) in [6, 6.07) is 3.86. The third-order valence-electron chi connectivity index (χ3n) is 4.38. The predicted octanol–water partition coefficient (Wildman–Crippen LogP) is 2.62. The van der Waals surface area contributed by atoms with Gasteiger partial charge in [-0.3, -0.25) is 9.78 Å². The van der Waals surface area contributed by atoms with Crippen molar-refractivity contribution in [3.05, 3.63) is 23.5 Å². The van der Waals surface area contributed by atoms with Gasteiger partial charge in [0.15, 0.2) is 6.61 Å². The molecule has 0 spiro atoms. The van der Waals surface area contributed by atoms with Crippen LogP contribution < -0.4 is 10.5 Å². The van der Waals surface area contributed by atoms with E-state index in [1.807, 2.05) is 30.9 Å². The van der Waals surface area contributed by atoms with Crippen molar-refractivity contribution in [1.82, 2.24) is 9.88 Å². The van der Waals surface area contributed by atoms with Crippen LogP contribution in [0.1, 0.15) is 32.2 Å². The lowest BCUT2D eigenvalue weighted by atomic mass is 9.92. The van der Waals surface area contributed by atoms with Crippen LogP contribution in [0.3, 0.4) is 0 Å². The minimum atomic E-state index is 0. The molecular formula is C17H29Cl2N3O2. The van der Waals surface area contributed by atoms with Gasteiger partial charge in [0.1, 0.15) is 5.75 Å². The summed E-state index contributed by atoms with van der Waals surface area (Å²) in [5.74, 6) is 1.56. The molecule has 0 radical (unpaired) electrons. The second-order valence-corrected chi connectivity index (χ2v) is 6.41. The predicted molar refractivity (Wildman–Crippen MR) is 101 cm³/mol. The van der Waals surface area contributed by atoms with E-state index < -0.39 is 0 Å². The van der Waals surface area contributed by atoms with Crippen molar-refractivity contribution in [3.8, 4) is 5.75 Å². The van der Waals surface area contributed by atoms with Gasteiger partial charge in [0.05, 0.1) is 5.69 Å². The Morgan fingerprint density at radius 3 is 2.58 bits per heavy atom. The molecule has 2 N–H and O–H groups in total. The molecule has 1 aliphatic heterocycles.